The van der Waals surface area contributed by atoms with E-state index in [2.05, 4.69) is 18.6 Å². The zero-order chi connectivity index (χ0) is 10.3. The molecule has 0 saturated heterocycles. The largest absolute Gasteiger partial charge is 0.438 e. The lowest BCUT2D eigenvalue weighted by Gasteiger charge is -2.06. The molecular formula is C10H18O3. The standard InChI is InChI=1S/C10H18O3/c1-8(2)5-6-9(3)10(11)13-7-12-4/h5-6,8-9H,7H2,1-4H3/b6-5-. The minimum Gasteiger partial charge on any atom is -0.438 e. The summed E-state index contributed by atoms with van der Waals surface area (Å²) in [6.45, 7) is 5.95. The molecule has 0 rings (SSSR count). The van der Waals surface area contributed by atoms with Crippen molar-refractivity contribution in [3.8, 4) is 0 Å². The lowest BCUT2D eigenvalue weighted by molar-refractivity contribution is -0.156. The second-order valence-corrected chi connectivity index (χ2v) is 3.29. The summed E-state index contributed by atoms with van der Waals surface area (Å²) in [5, 5.41) is 0. The Morgan fingerprint density at radius 2 is 1.92 bits per heavy atom. The summed E-state index contributed by atoms with van der Waals surface area (Å²) in [6, 6.07) is 0. The van der Waals surface area contributed by atoms with Crippen LogP contribution in [0.2, 0.25) is 0 Å². The molecule has 0 spiro atoms. The fourth-order valence-corrected chi connectivity index (χ4v) is 0.716. The van der Waals surface area contributed by atoms with Crippen LogP contribution in [0.25, 0.3) is 0 Å². The molecule has 0 bridgehead atoms. The quantitative estimate of drug-likeness (QED) is 0.374. The maximum absolute atomic E-state index is 11.2. The van der Waals surface area contributed by atoms with Crippen LogP contribution in [0.4, 0.5) is 0 Å². The average molecular weight is 186 g/mol. The summed E-state index contributed by atoms with van der Waals surface area (Å²) in [7, 11) is 1.49. The highest BCUT2D eigenvalue weighted by molar-refractivity contribution is 5.73. The van der Waals surface area contributed by atoms with E-state index >= 15 is 0 Å². The summed E-state index contributed by atoms with van der Waals surface area (Å²) in [4.78, 5) is 11.2. The van der Waals surface area contributed by atoms with Crippen molar-refractivity contribution in [3.63, 3.8) is 0 Å². The first-order chi connectivity index (χ1) is 6.07. The first-order valence-electron chi connectivity index (χ1n) is 4.41. The molecule has 1 atom stereocenters. The van der Waals surface area contributed by atoms with E-state index in [1.165, 1.54) is 7.11 Å². The monoisotopic (exact) mass is 186 g/mol. The Balaban J connectivity index is 3.82. The Morgan fingerprint density at radius 1 is 1.31 bits per heavy atom. The molecule has 0 heterocycles. The van der Waals surface area contributed by atoms with Crippen molar-refractivity contribution in [1.82, 2.24) is 0 Å². The molecule has 0 aliphatic rings. The smallest absolute Gasteiger partial charge is 0.314 e. The van der Waals surface area contributed by atoms with Gasteiger partial charge >= 0.3 is 5.97 Å². The summed E-state index contributed by atoms with van der Waals surface area (Å²) in [5.74, 6) is 0.00831. The zero-order valence-corrected chi connectivity index (χ0v) is 8.74. The number of carbonyl (C=O) groups excluding carboxylic acids is 1. The Bertz CT molecular complexity index is 173. The Morgan fingerprint density at radius 3 is 2.38 bits per heavy atom. The van der Waals surface area contributed by atoms with Crippen molar-refractivity contribution >= 4 is 5.97 Å². The van der Waals surface area contributed by atoms with E-state index in [4.69, 9.17) is 4.74 Å². The first kappa shape index (κ1) is 12.2. The van der Waals surface area contributed by atoms with Gasteiger partial charge in [0.15, 0.2) is 6.79 Å². The zero-order valence-electron chi connectivity index (χ0n) is 8.74. The fourth-order valence-electron chi connectivity index (χ4n) is 0.716. The van der Waals surface area contributed by atoms with E-state index in [-0.39, 0.29) is 18.7 Å². The molecule has 0 saturated carbocycles. The highest BCUT2D eigenvalue weighted by Crippen LogP contribution is 2.04. The molecule has 0 radical (unpaired) electrons. The SMILES string of the molecule is COCOC(=O)C(C)/C=C\C(C)C. The number of methoxy groups -OCH3 is 1. The molecule has 76 valence electrons. The van der Waals surface area contributed by atoms with Crippen LogP contribution in [0.3, 0.4) is 0 Å². The second kappa shape index (κ2) is 6.66. The number of ether oxygens (including phenoxy) is 2. The fraction of sp³-hybridized carbons (Fsp3) is 0.700. The van der Waals surface area contributed by atoms with Gasteiger partial charge in [-0.25, -0.2) is 0 Å². The summed E-state index contributed by atoms with van der Waals surface area (Å²) < 4.78 is 9.39. The van der Waals surface area contributed by atoms with Crippen molar-refractivity contribution in [1.29, 1.82) is 0 Å². The third kappa shape index (κ3) is 6.34. The van der Waals surface area contributed by atoms with Crippen LogP contribution in [0.5, 0.6) is 0 Å². The van der Waals surface area contributed by atoms with Gasteiger partial charge in [0.05, 0.1) is 5.92 Å². The molecule has 0 aromatic rings. The third-order valence-corrected chi connectivity index (χ3v) is 1.48. The van der Waals surface area contributed by atoms with Crippen LogP contribution in [0, 0.1) is 11.8 Å². The summed E-state index contributed by atoms with van der Waals surface area (Å²) in [5.41, 5.74) is 0. The van der Waals surface area contributed by atoms with Crippen LogP contribution in [0.1, 0.15) is 20.8 Å². The van der Waals surface area contributed by atoms with Gasteiger partial charge in [-0.3, -0.25) is 4.79 Å². The topological polar surface area (TPSA) is 35.5 Å². The van der Waals surface area contributed by atoms with Gasteiger partial charge in [0.25, 0.3) is 0 Å². The van der Waals surface area contributed by atoms with E-state index in [0.717, 1.165) is 0 Å². The van der Waals surface area contributed by atoms with Crippen molar-refractivity contribution in [2.24, 2.45) is 11.8 Å². The van der Waals surface area contributed by atoms with Gasteiger partial charge in [0.1, 0.15) is 0 Å². The number of allylic oxidation sites excluding steroid dienone is 1. The van der Waals surface area contributed by atoms with E-state index in [9.17, 15) is 4.79 Å². The van der Waals surface area contributed by atoms with Gasteiger partial charge in [-0.2, -0.15) is 0 Å². The van der Waals surface area contributed by atoms with Gasteiger partial charge in [-0.15, -0.1) is 0 Å². The molecule has 0 fully saturated rings. The minimum atomic E-state index is -0.251. The van der Waals surface area contributed by atoms with Gasteiger partial charge in [0, 0.05) is 7.11 Å². The molecule has 0 N–H and O–H groups in total. The van der Waals surface area contributed by atoms with E-state index < -0.39 is 0 Å². The third-order valence-electron chi connectivity index (χ3n) is 1.48. The highest BCUT2D eigenvalue weighted by atomic mass is 16.7. The maximum Gasteiger partial charge on any atom is 0.314 e. The number of carbonyl (C=O) groups is 1. The maximum atomic E-state index is 11.2. The van der Waals surface area contributed by atoms with Crippen molar-refractivity contribution in [3.05, 3.63) is 12.2 Å². The average Bonchev–Trinajstić information content (AvgIpc) is 2.10. The molecule has 3 nitrogen and oxygen atoms in total. The minimum absolute atomic E-state index is 0.0265. The van der Waals surface area contributed by atoms with Crippen molar-refractivity contribution < 1.29 is 14.3 Å². The molecule has 0 aromatic carbocycles. The number of esters is 1. The molecule has 3 heteroatoms. The van der Waals surface area contributed by atoms with Crippen LogP contribution < -0.4 is 0 Å². The van der Waals surface area contributed by atoms with E-state index in [0.29, 0.717) is 5.92 Å². The van der Waals surface area contributed by atoms with Crippen LogP contribution in [0.15, 0.2) is 12.2 Å². The Hall–Kier alpha value is -0.830. The lowest BCUT2D eigenvalue weighted by atomic mass is 10.1. The molecule has 1 unspecified atom stereocenters. The molecule has 0 aliphatic heterocycles. The van der Waals surface area contributed by atoms with Gasteiger partial charge < -0.3 is 9.47 Å². The lowest BCUT2D eigenvalue weighted by Crippen LogP contribution is -2.14. The second-order valence-electron chi connectivity index (χ2n) is 3.29. The first-order valence-corrected chi connectivity index (χ1v) is 4.41. The Labute approximate surface area is 79.7 Å². The van der Waals surface area contributed by atoms with E-state index in [1.54, 1.807) is 6.92 Å². The van der Waals surface area contributed by atoms with Crippen molar-refractivity contribution in [2.75, 3.05) is 13.9 Å². The molecule has 0 aliphatic carbocycles. The normalized spacial score (nSPS) is 13.6. The van der Waals surface area contributed by atoms with E-state index in [1.807, 2.05) is 12.2 Å². The van der Waals surface area contributed by atoms with Gasteiger partial charge in [-0.1, -0.05) is 26.0 Å². The molecule has 13 heavy (non-hydrogen) atoms. The predicted octanol–water partition coefficient (Wildman–Crippen LogP) is 1.98. The summed E-state index contributed by atoms with van der Waals surface area (Å²) in [6.07, 6.45) is 3.83. The summed E-state index contributed by atoms with van der Waals surface area (Å²) >= 11 is 0. The van der Waals surface area contributed by atoms with Crippen LogP contribution in [-0.4, -0.2) is 19.9 Å². The molecule has 0 amide bonds. The number of rotatable bonds is 5. The number of hydrogen-bond donors (Lipinski definition) is 0. The molecule has 0 aromatic heterocycles. The number of hydrogen-bond acceptors (Lipinski definition) is 3. The van der Waals surface area contributed by atoms with Gasteiger partial charge in [-0.05, 0) is 12.8 Å². The van der Waals surface area contributed by atoms with Crippen LogP contribution in [-0.2, 0) is 14.3 Å². The van der Waals surface area contributed by atoms with Gasteiger partial charge in [0.2, 0.25) is 0 Å². The van der Waals surface area contributed by atoms with Crippen LogP contribution >= 0.6 is 0 Å². The Kier molecular flexibility index (Phi) is 6.24. The molecular weight excluding hydrogens is 168 g/mol. The van der Waals surface area contributed by atoms with Crippen molar-refractivity contribution in [2.45, 2.75) is 20.8 Å². The highest BCUT2D eigenvalue weighted by Gasteiger charge is 2.10. The predicted molar refractivity (Wildman–Crippen MR) is 51.1 cm³/mol.